The molecule has 0 nitrogen and oxygen atoms in total. The molecule has 0 aliphatic rings. The van der Waals surface area contributed by atoms with Gasteiger partial charge in [-0.15, -0.1) is 0 Å². The van der Waals surface area contributed by atoms with Crippen molar-refractivity contribution in [2.45, 2.75) is 12.8 Å². The Morgan fingerprint density at radius 2 is 2.22 bits per heavy atom. The van der Waals surface area contributed by atoms with Crippen molar-refractivity contribution in [3.05, 3.63) is 23.8 Å². The van der Waals surface area contributed by atoms with E-state index in [1.807, 2.05) is 0 Å². The molecule has 52 valence electrons. The van der Waals surface area contributed by atoms with Gasteiger partial charge in [0.15, 0.2) is 0 Å². The fourth-order valence-corrected chi connectivity index (χ4v) is 0.889. The van der Waals surface area contributed by atoms with Crippen molar-refractivity contribution in [3.8, 4) is 0 Å². The Labute approximate surface area is 75.1 Å². The molecular formula is C7H10ClI. The van der Waals surface area contributed by atoms with Crippen LogP contribution in [0.15, 0.2) is 23.8 Å². The average Bonchev–Trinajstić information content (AvgIpc) is 1.80. The second kappa shape index (κ2) is 6.62. The molecule has 0 aromatic heterocycles. The number of rotatable bonds is 4. The van der Waals surface area contributed by atoms with E-state index < -0.39 is 0 Å². The Kier molecular flexibility index (Phi) is 6.99. The highest BCUT2D eigenvalue weighted by Crippen LogP contribution is 2.06. The lowest BCUT2D eigenvalue weighted by molar-refractivity contribution is 1.04. The van der Waals surface area contributed by atoms with Gasteiger partial charge in [-0.2, -0.15) is 0 Å². The molecule has 0 heterocycles. The summed E-state index contributed by atoms with van der Waals surface area (Å²) in [6, 6.07) is 0. The normalized spacial score (nSPS) is 10.4. The maximum atomic E-state index is 5.53. The summed E-state index contributed by atoms with van der Waals surface area (Å²) < 4.78 is 1.08. The molecule has 0 atom stereocenters. The number of allylic oxidation sites excluding steroid dienone is 3. The van der Waals surface area contributed by atoms with Gasteiger partial charge in [0.2, 0.25) is 0 Å². The molecule has 0 aliphatic heterocycles. The predicted octanol–water partition coefficient (Wildman–Crippen LogP) is 3.51. The van der Waals surface area contributed by atoms with E-state index in [2.05, 4.69) is 41.3 Å². The van der Waals surface area contributed by atoms with E-state index in [4.69, 9.17) is 11.6 Å². The zero-order chi connectivity index (χ0) is 7.11. The van der Waals surface area contributed by atoms with Crippen LogP contribution in [0.4, 0.5) is 0 Å². The van der Waals surface area contributed by atoms with Crippen LogP contribution < -0.4 is 0 Å². The maximum Gasteiger partial charge on any atom is 0.0175 e. The first-order valence-corrected chi connectivity index (χ1v) is 4.72. The van der Waals surface area contributed by atoms with Gasteiger partial charge in [-0.25, -0.2) is 0 Å². The highest BCUT2D eigenvalue weighted by Gasteiger charge is 1.82. The predicted molar refractivity (Wildman–Crippen MR) is 52.3 cm³/mol. The molecule has 0 spiro atoms. The first-order valence-electron chi connectivity index (χ1n) is 2.81. The van der Waals surface area contributed by atoms with Crippen molar-refractivity contribution >= 4 is 34.2 Å². The van der Waals surface area contributed by atoms with Crippen LogP contribution in [-0.2, 0) is 0 Å². The lowest BCUT2D eigenvalue weighted by Gasteiger charge is -1.88. The summed E-state index contributed by atoms with van der Waals surface area (Å²) in [6.45, 7) is 3.58. The van der Waals surface area contributed by atoms with E-state index in [1.54, 1.807) is 0 Å². The quantitative estimate of drug-likeness (QED) is 0.410. The second-order valence-corrected chi connectivity index (χ2v) is 3.10. The first-order chi connectivity index (χ1) is 4.27. The summed E-state index contributed by atoms with van der Waals surface area (Å²) in [7, 11) is 0. The smallest absolute Gasteiger partial charge is 0.0175 e. The number of halogens is 2. The molecule has 0 amide bonds. The van der Waals surface area contributed by atoms with Crippen LogP contribution in [0.5, 0.6) is 0 Å². The molecule has 0 aromatic carbocycles. The van der Waals surface area contributed by atoms with E-state index in [-0.39, 0.29) is 0 Å². The Morgan fingerprint density at radius 1 is 1.56 bits per heavy atom. The minimum Gasteiger partial charge on any atom is -0.0898 e. The lowest BCUT2D eigenvalue weighted by Crippen LogP contribution is -1.68. The maximum absolute atomic E-state index is 5.53. The molecule has 2 heteroatoms. The summed E-state index contributed by atoms with van der Waals surface area (Å²) >= 11 is 7.83. The highest BCUT2D eigenvalue weighted by atomic mass is 127. The Hall–Kier alpha value is 0.500. The lowest BCUT2D eigenvalue weighted by atomic mass is 10.3. The molecule has 0 aromatic rings. The topological polar surface area (TPSA) is 0 Å². The third-order valence-electron chi connectivity index (χ3n) is 0.838. The van der Waals surface area contributed by atoms with Crippen molar-refractivity contribution in [3.63, 3.8) is 0 Å². The zero-order valence-electron chi connectivity index (χ0n) is 5.24. The Morgan fingerprint density at radius 3 is 2.67 bits per heavy atom. The fourth-order valence-electron chi connectivity index (χ4n) is 0.421. The van der Waals surface area contributed by atoms with E-state index in [0.717, 1.165) is 22.3 Å². The van der Waals surface area contributed by atoms with Crippen LogP contribution >= 0.6 is 34.2 Å². The molecule has 0 saturated carbocycles. The van der Waals surface area contributed by atoms with Crippen molar-refractivity contribution in [2.24, 2.45) is 0 Å². The molecule has 0 unspecified atom stereocenters. The van der Waals surface area contributed by atoms with Crippen LogP contribution in [0.25, 0.3) is 0 Å². The molecular weight excluding hydrogens is 246 g/mol. The van der Waals surface area contributed by atoms with Crippen molar-refractivity contribution in [1.29, 1.82) is 0 Å². The molecule has 0 bridgehead atoms. The third-order valence-corrected chi connectivity index (χ3v) is 1.54. The van der Waals surface area contributed by atoms with Crippen LogP contribution in [0.1, 0.15) is 12.8 Å². The number of hydrogen-bond acceptors (Lipinski definition) is 0. The van der Waals surface area contributed by atoms with Gasteiger partial charge in [0.1, 0.15) is 0 Å². The molecule has 0 radical (unpaired) electrons. The summed E-state index contributed by atoms with van der Waals surface area (Å²) in [6.07, 6.45) is 6.17. The van der Waals surface area contributed by atoms with Gasteiger partial charge in [0, 0.05) is 9.46 Å². The molecule has 0 aliphatic carbocycles. The molecule has 0 N–H and O–H groups in total. The number of hydrogen-bond donors (Lipinski definition) is 0. The van der Waals surface area contributed by atoms with Crippen LogP contribution in [0, 0.1) is 0 Å². The van der Waals surface area contributed by atoms with E-state index in [9.17, 15) is 0 Å². The van der Waals surface area contributed by atoms with Gasteiger partial charge in [-0.05, 0) is 12.8 Å². The molecule has 9 heavy (non-hydrogen) atoms. The third kappa shape index (κ3) is 8.50. The Bertz CT molecular complexity index is 107. The van der Waals surface area contributed by atoms with Gasteiger partial charge in [0.05, 0.1) is 0 Å². The van der Waals surface area contributed by atoms with Crippen LogP contribution in [0.3, 0.4) is 0 Å². The first kappa shape index (κ1) is 9.50. The van der Waals surface area contributed by atoms with Crippen molar-refractivity contribution < 1.29 is 0 Å². The summed E-state index contributed by atoms with van der Waals surface area (Å²) in [5.74, 6) is 0. The summed E-state index contributed by atoms with van der Waals surface area (Å²) in [4.78, 5) is 0. The van der Waals surface area contributed by atoms with E-state index in [1.165, 1.54) is 0 Å². The summed E-state index contributed by atoms with van der Waals surface area (Å²) in [5.41, 5.74) is 0. The average molecular weight is 257 g/mol. The molecule has 0 rings (SSSR count). The molecule has 0 saturated heterocycles. The standard InChI is InChI=1S/C7H10ClI/c1-7(8)5-3-2-4-6-9/h2,4H,1,3,5-6H2/b4-2-. The SMILES string of the molecule is C=C(Cl)CC/C=C\CI. The van der Waals surface area contributed by atoms with Crippen LogP contribution in [-0.4, -0.2) is 4.43 Å². The largest absolute Gasteiger partial charge is 0.0898 e. The monoisotopic (exact) mass is 256 g/mol. The molecule has 0 fully saturated rings. The zero-order valence-corrected chi connectivity index (χ0v) is 8.15. The van der Waals surface area contributed by atoms with Gasteiger partial charge < -0.3 is 0 Å². The minimum atomic E-state index is 0.744. The van der Waals surface area contributed by atoms with Crippen molar-refractivity contribution in [2.75, 3.05) is 4.43 Å². The van der Waals surface area contributed by atoms with E-state index >= 15 is 0 Å². The highest BCUT2D eigenvalue weighted by molar-refractivity contribution is 14.1. The minimum absolute atomic E-state index is 0.744. The second-order valence-electron chi connectivity index (χ2n) is 1.68. The Balaban J connectivity index is 3.09. The fraction of sp³-hybridized carbons (Fsp3) is 0.429. The van der Waals surface area contributed by atoms with Gasteiger partial charge in [-0.3, -0.25) is 0 Å². The number of alkyl halides is 1. The van der Waals surface area contributed by atoms with Gasteiger partial charge in [-0.1, -0.05) is 52.9 Å². The van der Waals surface area contributed by atoms with Crippen molar-refractivity contribution in [1.82, 2.24) is 0 Å². The van der Waals surface area contributed by atoms with Gasteiger partial charge >= 0.3 is 0 Å². The van der Waals surface area contributed by atoms with E-state index in [0.29, 0.717) is 0 Å². The van der Waals surface area contributed by atoms with Gasteiger partial charge in [0.25, 0.3) is 0 Å². The van der Waals surface area contributed by atoms with Crippen LogP contribution in [0.2, 0.25) is 0 Å². The summed E-state index contributed by atoms with van der Waals surface area (Å²) in [5, 5.41) is 0.744.